The van der Waals surface area contributed by atoms with Gasteiger partial charge < -0.3 is 0 Å². The maximum absolute atomic E-state index is 11.8. The molecule has 4 nitrogen and oxygen atoms in total. The third-order valence-electron chi connectivity index (χ3n) is 2.98. The Hall–Kier alpha value is -2.04. The summed E-state index contributed by atoms with van der Waals surface area (Å²) in [6.45, 7) is 0. The summed E-state index contributed by atoms with van der Waals surface area (Å²) >= 11 is 11.8. The zero-order chi connectivity index (χ0) is 15.9. The molecule has 0 aliphatic rings. The molecule has 6 heteroatoms. The number of hydrogen-bond donors (Lipinski definition) is 2. The van der Waals surface area contributed by atoms with E-state index in [1.54, 1.807) is 24.3 Å². The van der Waals surface area contributed by atoms with Gasteiger partial charge in [0.2, 0.25) is 5.91 Å². The van der Waals surface area contributed by atoms with Crippen molar-refractivity contribution in [1.29, 1.82) is 0 Å². The molecule has 2 aromatic carbocycles. The van der Waals surface area contributed by atoms with E-state index in [0.29, 0.717) is 22.0 Å². The van der Waals surface area contributed by atoms with Crippen LogP contribution in [0.3, 0.4) is 0 Å². The average molecular weight is 337 g/mol. The predicted molar refractivity (Wildman–Crippen MR) is 86.8 cm³/mol. The molecule has 0 aromatic heterocycles. The van der Waals surface area contributed by atoms with E-state index in [1.807, 2.05) is 18.2 Å². The van der Waals surface area contributed by atoms with Crippen molar-refractivity contribution >= 4 is 35.0 Å². The Bertz CT molecular complexity index is 689. The van der Waals surface area contributed by atoms with Gasteiger partial charge in [-0.2, -0.15) is 0 Å². The number of carbonyl (C=O) groups excluding carboxylic acids is 2. The first-order valence-electron chi connectivity index (χ1n) is 6.64. The van der Waals surface area contributed by atoms with Crippen molar-refractivity contribution in [2.75, 3.05) is 0 Å². The lowest BCUT2D eigenvalue weighted by molar-refractivity contribution is -0.121. The van der Waals surface area contributed by atoms with Crippen molar-refractivity contribution < 1.29 is 9.59 Å². The summed E-state index contributed by atoms with van der Waals surface area (Å²) < 4.78 is 0. The molecule has 0 aliphatic heterocycles. The molecule has 0 bridgehead atoms. The highest BCUT2D eigenvalue weighted by Gasteiger charge is 2.08. The molecule has 0 unspecified atom stereocenters. The third-order valence-corrected chi connectivity index (χ3v) is 3.59. The molecule has 0 heterocycles. The van der Waals surface area contributed by atoms with Crippen LogP contribution in [0.15, 0.2) is 48.5 Å². The van der Waals surface area contributed by atoms with E-state index < -0.39 is 5.91 Å². The van der Waals surface area contributed by atoms with Gasteiger partial charge in [-0.15, -0.1) is 0 Å². The second-order valence-electron chi connectivity index (χ2n) is 4.60. The maximum Gasteiger partial charge on any atom is 0.269 e. The zero-order valence-corrected chi connectivity index (χ0v) is 13.1. The fourth-order valence-corrected chi connectivity index (χ4v) is 2.26. The van der Waals surface area contributed by atoms with Crippen molar-refractivity contribution in [2.45, 2.75) is 12.8 Å². The summed E-state index contributed by atoms with van der Waals surface area (Å²) in [7, 11) is 0. The molecule has 2 rings (SSSR count). The first-order chi connectivity index (χ1) is 10.6. The highest BCUT2D eigenvalue weighted by Crippen LogP contribution is 2.16. The number of hydrogen-bond acceptors (Lipinski definition) is 2. The largest absolute Gasteiger partial charge is 0.273 e. The summed E-state index contributed by atoms with van der Waals surface area (Å²) in [5, 5.41) is 1.08. The summed E-state index contributed by atoms with van der Waals surface area (Å²) in [5.74, 6) is -0.719. The Morgan fingerprint density at radius 2 is 1.73 bits per heavy atom. The van der Waals surface area contributed by atoms with Crippen molar-refractivity contribution in [2.24, 2.45) is 0 Å². The third kappa shape index (κ3) is 4.76. The molecule has 2 N–H and O–H groups in total. The molecule has 2 amide bonds. The normalized spacial score (nSPS) is 10.1. The Kier molecular flexibility index (Phi) is 5.81. The minimum atomic E-state index is -0.423. The number of nitrogens with one attached hydrogen (secondary N) is 2. The number of carbonyl (C=O) groups is 2. The summed E-state index contributed by atoms with van der Waals surface area (Å²) in [6.07, 6.45) is 0.720. The van der Waals surface area contributed by atoms with E-state index >= 15 is 0 Å². The smallest absolute Gasteiger partial charge is 0.269 e. The number of benzene rings is 2. The molecule has 0 saturated heterocycles. The fourth-order valence-electron chi connectivity index (χ4n) is 1.84. The summed E-state index contributed by atoms with van der Waals surface area (Å²) in [5.41, 5.74) is 5.98. The van der Waals surface area contributed by atoms with Crippen LogP contribution in [-0.4, -0.2) is 11.8 Å². The van der Waals surface area contributed by atoms with Crippen LogP contribution in [0.2, 0.25) is 10.0 Å². The number of halogens is 2. The van der Waals surface area contributed by atoms with E-state index in [0.717, 1.165) is 5.56 Å². The minimum Gasteiger partial charge on any atom is -0.273 e. The van der Waals surface area contributed by atoms with E-state index in [2.05, 4.69) is 10.9 Å². The first-order valence-corrected chi connectivity index (χ1v) is 7.40. The highest BCUT2D eigenvalue weighted by atomic mass is 35.5. The van der Waals surface area contributed by atoms with Gasteiger partial charge in [0.25, 0.3) is 5.91 Å². The van der Waals surface area contributed by atoms with Crippen LogP contribution in [0.1, 0.15) is 22.3 Å². The van der Waals surface area contributed by atoms with Crippen molar-refractivity contribution in [1.82, 2.24) is 10.9 Å². The molecule has 114 valence electrons. The molecule has 0 radical (unpaired) electrons. The predicted octanol–water partition coefficient (Wildman–Crippen LogP) is 3.39. The second-order valence-corrected chi connectivity index (χ2v) is 5.45. The van der Waals surface area contributed by atoms with Crippen LogP contribution < -0.4 is 10.9 Å². The maximum atomic E-state index is 11.8. The lowest BCUT2D eigenvalue weighted by atomic mass is 10.1. The Morgan fingerprint density at radius 1 is 0.955 bits per heavy atom. The van der Waals surface area contributed by atoms with E-state index in [1.165, 1.54) is 6.07 Å². The van der Waals surface area contributed by atoms with Crippen LogP contribution in [0.5, 0.6) is 0 Å². The molecular formula is C16H14Cl2N2O2. The van der Waals surface area contributed by atoms with Gasteiger partial charge in [-0.3, -0.25) is 20.4 Å². The molecule has 0 saturated carbocycles. The van der Waals surface area contributed by atoms with Gasteiger partial charge in [0.15, 0.2) is 0 Å². The van der Waals surface area contributed by atoms with E-state index in [9.17, 15) is 9.59 Å². The summed E-state index contributed by atoms with van der Waals surface area (Å²) in [4.78, 5) is 23.6. The van der Waals surface area contributed by atoms with Gasteiger partial charge >= 0.3 is 0 Å². The lowest BCUT2D eigenvalue weighted by Gasteiger charge is -2.08. The van der Waals surface area contributed by atoms with Crippen molar-refractivity contribution in [3.8, 4) is 0 Å². The summed E-state index contributed by atoms with van der Waals surface area (Å²) in [6, 6.07) is 13.8. The van der Waals surface area contributed by atoms with Crippen LogP contribution in [0, 0.1) is 0 Å². The van der Waals surface area contributed by atoms with Crippen molar-refractivity contribution in [3.05, 3.63) is 69.7 Å². The second kappa shape index (κ2) is 7.82. The molecular weight excluding hydrogens is 323 g/mol. The van der Waals surface area contributed by atoms with E-state index in [-0.39, 0.29) is 12.3 Å². The quantitative estimate of drug-likeness (QED) is 0.841. The van der Waals surface area contributed by atoms with Crippen molar-refractivity contribution in [3.63, 3.8) is 0 Å². The van der Waals surface area contributed by atoms with Crippen LogP contribution >= 0.6 is 23.2 Å². The van der Waals surface area contributed by atoms with Crippen LogP contribution in [-0.2, 0) is 11.2 Å². The number of hydrazine groups is 1. The van der Waals surface area contributed by atoms with Crippen LogP contribution in [0.25, 0.3) is 0 Å². The topological polar surface area (TPSA) is 58.2 Å². The Balaban J connectivity index is 1.81. The first kappa shape index (κ1) is 16.3. The van der Waals surface area contributed by atoms with Gasteiger partial charge in [-0.1, -0.05) is 47.5 Å². The minimum absolute atomic E-state index is 0.222. The molecule has 0 spiro atoms. The number of amides is 2. The Morgan fingerprint density at radius 3 is 2.45 bits per heavy atom. The van der Waals surface area contributed by atoms with Gasteiger partial charge in [-0.25, -0.2) is 0 Å². The fraction of sp³-hybridized carbons (Fsp3) is 0.125. The van der Waals surface area contributed by atoms with Gasteiger partial charge in [0.05, 0.1) is 0 Å². The van der Waals surface area contributed by atoms with Gasteiger partial charge in [0.1, 0.15) is 0 Å². The number of aryl methyl sites for hydroxylation is 1. The van der Waals surface area contributed by atoms with E-state index in [4.69, 9.17) is 23.2 Å². The molecule has 0 fully saturated rings. The average Bonchev–Trinajstić information content (AvgIpc) is 2.52. The SMILES string of the molecule is O=C(CCc1ccccc1Cl)NNC(=O)c1cccc(Cl)c1. The molecule has 2 aromatic rings. The zero-order valence-electron chi connectivity index (χ0n) is 11.6. The molecule has 22 heavy (non-hydrogen) atoms. The monoisotopic (exact) mass is 336 g/mol. The lowest BCUT2D eigenvalue weighted by Crippen LogP contribution is -2.41. The standard InChI is InChI=1S/C16H14Cl2N2O2/c17-13-6-3-5-12(10-13)16(22)20-19-15(21)9-8-11-4-1-2-7-14(11)18/h1-7,10H,8-9H2,(H,19,21)(H,20,22). The molecule has 0 aliphatic carbocycles. The number of rotatable bonds is 4. The van der Waals surface area contributed by atoms with Crippen LogP contribution in [0.4, 0.5) is 0 Å². The van der Waals surface area contributed by atoms with Gasteiger partial charge in [-0.05, 0) is 36.2 Å². The van der Waals surface area contributed by atoms with Gasteiger partial charge in [0, 0.05) is 22.0 Å². The highest BCUT2D eigenvalue weighted by molar-refractivity contribution is 6.31. The molecule has 0 atom stereocenters. The Labute approximate surface area is 138 Å².